The molecular formula is C16H14N4. The summed E-state index contributed by atoms with van der Waals surface area (Å²) in [6, 6.07) is 10.1. The number of benzene rings is 1. The molecule has 98 valence electrons. The summed E-state index contributed by atoms with van der Waals surface area (Å²) in [6.45, 7) is 2.03. The molecule has 1 aromatic carbocycles. The lowest BCUT2D eigenvalue weighted by molar-refractivity contribution is 0.880. The normalized spacial score (nSPS) is 11.6. The zero-order valence-corrected chi connectivity index (χ0v) is 11.1. The van der Waals surface area contributed by atoms with Gasteiger partial charge in [-0.3, -0.25) is 9.97 Å². The van der Waals surface area contributed by atoms with E-state index in [1.54, 1.807) is 24.8 Å². The molecule has 0 spiro atoms. The fourth-order valence-electron chi connectivity index (χ4n) is 2.01. The Hall–Kier alpha value is -2.75. The molecule has 0 saturated carbocycles. The molecule has 0 fully saturated rings. The van der Waals surface area contributed by atoms with Crippen LogP contribution in [0, 0.1) is 0 Å². The highest BCUT2D eigenvalue weighted by atomic mass is 15.3. The van der Waals surface area contributed by atoms with Gasteiger partial charge in [-0.05, 0) is 42.3 Å². The third-order valence-corrected chi connectivity index (χ3v) is 2.99. The highest BCUT2D eigenvalue weighted by Gasteiger charge is 2.00. The topological polar surface area (TPSA) is 43.6 Å². The standard InChI is InChI=1S/C16H14N4/c1-13(16-12-17-7-8-18-16)10-14-4-2-5-15(11-14)20-9-3-6-19-20/h2-12H,1H3. The lowest BCUT2D eigenvalue weighted by Gasteiger charge is -2.04. The van der Waals surface area contributed by atoms with Gasteiger partial charge < -0.3 is 0 Å². The fourth-order valence-corrected chi connectivity index (χ4v) is 2.01. The van der Waals surface area contributed by atoms with Crippen LogP contribution in [0.2, 0.25) is 0 Å². The minimum absolute atomic E-state index is 0.886. The molecule has 0 radical (unpaired) electrons. The molecule has 0 aliphatic rings. The third-order valence-electron chi connectivity index (χ3n) is 2.99. The van der Waals surface area contributed by atoms with Crippen molar-refractivity contribution in [3.63, 3.8) is 0 Å². The molecule has 2 heterocycles. The number of nitrogens with zero attached hydrogens (tertiary/aromatic N) is 4. The van der Waals surface area contributed by atoms with Crippen molar-refractivity contribution < 1.29 is 0 Å². The Morgan fingerprint density at radius 2 is 2.10 bits per heavy atom. The van der Waals surface area contributed by atoms with Crippen LogP contribution in [0.1, 0.15) is 18.2 Å². The maximum atomic E-state index is 4.30. The maximum Gasteiger partial charge on any atom is 0.0842 e. The van der Waals surface area contributed by atoms with E-state index in [2.05, 4.69) is 33.3 Å². The van der Waals surface area contributed by atoms with Gasteiger partial charge in [-0.25, -0.2) is 4.68 Å². The fraction of sp³-hybridized carbons (Fsp3) is 0.0625. The van der Waals surface area contributed by atoms with Gasteiger partial charge in [0.15, 0.2) is 0 Å². The van der Waals surface area contributed by atoms with Gasteiger partial charge in [0, 0.05) is 24.8 Å². The van der Waals surface area contributed by atoms with Crippen LogP contribution < -0.4 is 0 Å². The summed E-state index contributed by atoms with van der Waals surface area (Å²) in [5, 5.41) is 4.24. The number of hydrogen-bond donors (Lipinski definition) is 0. The quantitative estimate of drug-likeness (QED) is 0.728. The largest absolute Gasteiger partial charge is 0.261 e. The molecular weight excluding hydrogens is 248 g/mol. The Morgan fingerprint density at radius 3 is 2.85 bits per heavy atom. The van der Waals surface area contributed by atoms with Crippen molar-refractivity contribution in [3.05, 3.63) is 72.6 Å². The highest BCUT2D eigenvalue weighted by Crippen LogP contribution is 2.17. The molecule has 4 nitrogen and oxygen atoms in total. The first-order valence-electron chi connectivity index (χ1n) is 6.38. The van der Waals surface area contributed by atoms with Gasteiger partial charge in [0.25, 0.3) is 0 Å². The summed E-state index contributed by atoms with van der Waals surface area (Å²) in [4.78, 5) is 8.39. The zero-order chi connectivity index (χ0) is 13.8. The average Bonchev–Trinajstić information content (AvgIpc) is 3.03. The molecule has 3 rings (SSSR count). The monoisotopic (exact) mass is 262 g/mol. The van der Waals surface area contributed by atoms with E-state index < -0.39 is 0 Å². The van der Waals surface area contributed by atoms with Gasteiger partial charge in [-0.2, -0.15) is 5.10 Å². The molecule has 20 heavy (non-hydrogen) atoms. The van der Waals surface area contributed by atoms with Crippen LogP contribution >= 0.6 is 0 Å². The van der Waals surface area contributed by atoms with Crippen LogP contribution in [0.3, 0.4) is 0 Å². The van der Waals surface area contributed by atoms with Crippen LogP contribution in [0.5, 0.6) is 0 Å². The molecule has 4 heteroatoms. The minimum Gasteiger partial charge on any atom is -0.261 e. The maximum absolute atomic E-state index is 4.30. The molecule has 3 aromatic rings. The van der Waals surface area contributed by atoms with Crippen molar-refractivity contribution in [2.24, 2.45) is 0 Å². The number of rotatable bonds is 3. The first-order chi connectivity index (χ1) is 9.83. The van der Waals surface area contributed by atoms with Crippen LogP contribution in [-0.2, 0) is 0 Å². The van der Waals surface area contributed by atoms with Crippen molar-refractivity contribution in [2.45, 2.75) is 6.92 Å². The SMILES string of the molecule is CC(=Cc1cccc(-n2cccn2)c1)c1cnccn1. The minimum atomic E-state index is 0.886. The van der Waals surface area contributed by atoms with E-state index in [4.69, 9.17) is 0 Å². The predicted molar refractivity (Wildman–Crippen MR) is 79.1 cm³/mol. The second-order valence-electron chi connectivity index (χ2n) is 4.46. The molecule has 0 atom stereocenters. The Morgan fingerprint density at radius 1 is 1.15 bits per heavy atom. The molecule has 0 N–H and O–H groups in total. The second kappa shape index (κ2) is 5.48. The van der Waals surface area contributed by atoms with Crippen molar-refractivity contribution in [3.8, 4) is 5.69 Å². The van der Waals surface area contributed by atoms with Gasteiger partial charge in [0.05, 0.1) is 17.6 Å². The summed E-state index contributed by atoms with van der Waals surface area (Å²) < 4.78 is 1.84. The third kappa shape index (κ3) is 2.64. The van der Waals surface area contributed by atoms with Gasteiger partial charge in [-0.1, -0.05) is 12.1 Å². The molecule has 0 saturated heterocycles. The Labute approximate surface area is 117 Å². The molecule has 0 aliphatic carbocycles. The van der Waals surface area contributed by atoms with E-state index in [1.807, 2.05) is 36.0 Å². The summed E-state index contributed by atoms with van der Waals surface area (Å²) in [6.07, 6.45) is 10.9. The number of allylic oxidation sites excluding steroid dienone is 1. The Kier molecular flexibility index (Phi) is 3.37. The van der Waals surface area contributed by atoms with Crippen molar-refractivity contribution in [1.82, 2.24) is 19.7 Å². The molecule has 0 bridgehead atoms. The summed E-state index contributed by atoms with van der Waals surface area (Å²) in [5.74, 6) is 0. The predicted octanol–water partition coefficient (Wildman–Crippen LogP) is 3.22. The van der Waals surface area contributed by atoms with Gasteiger partial charge in [-0.15, -0.1) is 0 Å². The number of aromatic nitrogens is 4. The van der Waals surface area contributed by atoms with E-state index in [-0.39, 0.29) is 0 Å². The lowest BCUT2D eigenvalue weighted by Crippen LogP contribution is -1.94. The lowest BCUT2D eigenvalue weighted by atomic mass is 10.1. The van der Waals surface area contributed by atoms with Gasteiger partial charge in [0.2, 0.25) is 0 Å². The van der Waals surface area contributed by atoms with Crippen molar-refractivity contribution >= 4 is 11.6 Å². The van der Waals surface area contributed by atoms with E-state index >= 15 is 0 Å². The molecule has 0 aliphatic heterocycles. The molecule has 0 unspecified atom stereocenters. The summed E-state index contributed by atoms with van der Waals surface area (Å²) in [7, 11) is 0. The first-order valence-corrected chi connectivity index (χ1v) is 6.38. The molecule has 2 aromatic heterocycles. The van der Waals surface area contributed by atoms with Crippen LogP contribution in [-0.4, -0.2) is 19.7 Å². The zero-order valence-electron chi connectivity index (χ0n) is 11.1. The van der Waals surface area contributed by atoms with Crippen molar-refractivity contribution in [1.29, 1.82) is 0 Å². The average molecular weight is 262 g/mol. The van der Waals surface area contributed by atoms with Crippen LogP contribution in [0.15, 0.2) is 61.3 Å². The second-order valence-corrected chi connectivity index (χ2v) is 4.46. The van der Waals surface area contributed by atoms with E-state index in [9.17, 15) is 0 Å². The van der Waals surface area contributed by atoms with Gasteiger partial charge >= 0.3 is 0 Å². The Balaban J connectivity index is 1.94. The molecule has 0 amide bonds. The summed E-state index contributed by atoms with van der Waals surface area (Å²) >= 11 is 0. The summed E-state index contributed by atoms with van der Waals surface area (Å²) in [5.41, 5.74) is 4.12. The Bertz CT molecular complexity index is 715. The van der Waals surface area contributed by atoms with Gasteiger partial charge in [0.1, 0.15) is 0 Å². The first kappa shape index (κ1) is 12.3. The van der Waals surface area contributed by atoms with E-state index in [0.29, 0.717) is 0 Å². The smallest absolute Gasteiger partial charge is 0.0842 e. The van der Waals surface area contributed by atoms with Crippen LogP contribution in [0.25, 0.3) is 17.3 Å². The highest BCUT2D eigenvalue weighted by molar-refractivity contribution is 5.78. The number of hydrogen-bond acceptors (Lipinski definition) is 3. The van der Waals surface area contributed by atoms with E-state index in [0.717, 1.165) is 22.5 Å². The van der Waals surface area contributed by atoms with Crippen molar-refractivity contribution in [2.75, 3.05) is 0 Å². The van der Waals surface area contributed by atoms with Crippen LogP contribution in [0.4, 0.5) is 0 Å². The van der Waals surface area contributed by atoms with E-state index in [1.165, 1.54) is 0 Å².